The molecule has 3 rings (SSSR count). The van der Waals surface area contributed by atoms with Crippen LogP contribution in [0.5, 0.6) is 0 Å². The fraction of sp³-hybridized carbons (Fsp3) is 0.133. The molecule has 0 saturated carbocycles. The van der Waals surface area contributed by atoms with Crippen LogP contribution in [0.4, 0.5) is 0 Å². The quantitative estimate of drug-likeness (QED) is 0.761. The summed E-state index contributed by atoms with van der Waals surface area (Å²) in [5, 5.41) is 13.9. The number of aliphatic hydroxyl groups excluding tert-OH is 1. The lowest BCUT2D eigenvalue weighted by atomic mass is 10.0. The molecule has 0 aliphatic rings. The zero-order valence-electron chi connectivity index (χ0n) is 10.3. The number of aryl methyl sites for hydroxylation is 1. The molecule has 19 heavy (non-hydrogen) atoms. The minimum absolute atomic E-state index is 0.636. The lowest BCUT2D eigenvalue weighted by Crippen LogP contribution is -1.97. The van der Waals surface area contributed by atoms with Crippen LogP contribution in [0.2, 0.25) is 5.02 Å². The molecule has 0 aliphatic carbocycles. The number of rotatable bonds is 2. The van der Waals surface area contributed by atoms with Gasteiger partial charge in [0, 0.05) is 21.3 Å². The minimum Gasteiger partial charge on any atom is -0.383 e. The molecule has 4 heteroatoms. The zero-order chi connectivity index (χ0) is 13.4. The SMILES string of the molecule is Cc1ccc2cc(C(O)c3cc(Cl)cs3)ccc2n1. The summed E-state index contributed by atoms with van der Waals surface area (Å²) < 4.78 is 0. The summed E-state index contributed by atoms with van der Waals surface area (Å²) in [5.41, 5.74) is 2.79. The van der Waals surface area contributed by atoms with E-state index in [1.807, 2.05) is 42.6 Å². The van der Waals surface area contributed by atoms with Gasteiger partial charge < -0.3 is 5.11 Å². The molecule has 3 aromatic rings. The van der Waals surface area contributed by atoms with Crippen LogP contribution in [0, 0.1) is 6.92 Å². The highest BCUT2D eigenvalue weighted by atomic mass is 35.5. The molecule has 0 aliphatic heterocycles. The molecule has 1 aromatic carbocycles. The summed E-state index contributed by atoms with van der Waals surface area (Å²) in [6.45, 7) is 1.97. The highest BCUT2D eigenvalue weighted by Gasteiger charge is 2.13. The Hall–Kier alpha value is -1.42. The molecule has 0 fully saturated rings. The number of hydrogen-bond acceptors (Lipinski definition) is 3. The third-order valence-electron chi connectivity index (χ3n) is 3.03. The Kier molecular flexibility index (Phi) is 3.27. The zero-order valence-corrected chi connectivity index (χ0v) is 11.9. The van der Waals surface area contributed by atoms with Crippen molar-refractivity contribution >= 4 is 33.8 Å². The molecule has 0 bridgehead atoms. The Morgan fingerprint density at radius 3 is 2.79 bits per heavy atom. The first kappa shape index (κ1) is 12.6. The van der Waals surface area contributed by atoms with Gasteiger partial charge in [-0.25, -0.2) is 0 Å². The summed E-state index contributed by atoms with van der Waals surface area (Å²) in [6.07, 6.45) is -0.636. The lowest BCUT2D eigenvalue weighted by molar-refractivity contribution is 0.224. The molecule has 2 nitrogen and oxygen atoms in total. The van der Waals surface area contributed by atoms with Gasteiger partial charge in [-0.2, -0.15) is 0 Å². The van der Waals surface area contributed by atoms with Crippen LogP contribution in [-0.4, -0.2) is 10.1 Å². The maximum absolute atomic E-state index is 10.4. The van der Waals surface area contributed by atoms with Gasteiger partial charge in [-0.15, -0.1) is 11.3 Å². The second-order valence-electron chi connectivity index (χ2n) is 4.47. The van der Waals surface area contributed by atoms with Crippen LogP contribution in [0.15, 0.2) is 41.8 Å². The Morgan fingerprint density at radius 2 is 2.05 bits per heavy atom. The van der Waals surface area contributed by atoms with Crippen molar-refractivity contribution in [2.45, 2.75) is 13.0 Å². The van der Waals surface area contributed by atoms with E-state index in [2.05, 4.69) is 4.98 Å². The van der Waals surface area contributed by atoms with Crippen LogP contribution in [0.25, 0.3) is 10.9 Å². The van der Waals surface area contributed by atoms with E-state index in [0.29, 0.717) is 5.02 Å². The normalized spacial score (nSPS) is 12.8. The summed E-state index contributed by atoms with van der Waals surface area (Å²) in [4.78, 5) is 5.30. The van der Waals surface area contributed by atoms with Gasteiger partial charge in [-0.3, -0.25) is 4.98 Å². The average molecular weight is 290 g/mol. The van der Waals surface area contributed by atoms with Crippen LogP contribution < -0.4 is 0 Å². The number of hydrogen-bond donors (Lipinski definition) is 1. The Morgan fingerprint density at radius 1 is 1.21 bits per heavy atom. The maximum atomic E-state index is 10.4. The number of fused-ring (bicyclic) bond motifs is 1. The van der Waals surface area contributed by atoms with Gasteiger partial charge in [0.2, 0.25) is 0 Å². The van der Waals surface area contributed by atoms with E-state index in [1.54, 1.807) is 6.07 Å². The predicted octanol–water partition coefficient (Wildman–Crippen LogP) is 4.34. The van der Waals surface area contributed by atoms with E-state index in [0.717, 1.165) is 27.0 Å². The molecule has 0 radical (unpaired) electrons. The van der Waals surface area contributed by atoms with Crippen LogP contribution in [0.3, 0.4) is 0 Å². The summed E-state index contributed by atoms with van der Waals surface area (Å²) in [5.74, 6) is 0. The van der Waals surface area contributed by atoms with Crippen LogP contribution in [-0.2, 0) is 0 Å². The average Bonchev–Trinajstić information content (AvgIpc) is 2.84. The molecule has 2 aromatic heterocycles. The number of thiophene rings is 1. The number of pyridine rings is 1. The first-order valence-corrected chi connectivity index (χ1v) is 7.18. The fourth-order valence-electron chi connectivity index (χ4n) is 2.05. The van der Waals surface area contributed by atoms with Gasteiger partial charge in [0.25, 0.3) is 0 Å². The summed E-state index contributed by atoms with van der Waals surface area (Å²) >= 11 is 7.36. The van der Waals surface area contributed by atoms with Crippen molar-refractivity contribution in [3.63, 3.8) is 0 Å². The number of halogens is 1. The van der Waals surface area contributed by atoms with Crippen molar-refractivity contribution in [1.82, 2.24) is 4.98 Å². The fourth-order valence-corrected chi connectivity index (χ4v) is 3.14. The van der Waals surface area contributed by atoms with Crippen LogP contribution >= 0.6 is 22.9 Å². The molecule has 0 spiro atoms. The maximum Gasteiger partial charge on any atom is 0.113 e. The smallest absolute Gasteiger partial charge is 0.113 e. The largest absolute Gasteiger partial charge is 0.383 e. The molecule has 0 amide bonds. The second kappa shape index (κ2) is 4.93. The number of aromatic nitrogens is 1. The van der Waals surface area contributed by atoms with E-state index in [9.17, 15) is 5.11 Å². The van der Waals surface area contributed by atoms with E-state index in [-0.39, 0.29) is 0 Å². The topological polar surface area (TPSA) is 33.1 Å². The Labute approximate surface area is 120 Å². The van der Waals surface area contributed by atoms with Crippen molar-refractivity contribution < 1.29 is 5.11 Å². The number of benzene rings is 1. The molecule has 1 unspecified atom stereocenters. The molecular formula is C15H12ClNOS. The van der Waals surface area contributed by atoms with Crippen molar-refractivity contribution in [2.24, 2.45) is 0 Å². The van der Waals surface area contributed by atoms with Gasteiger partial charge in [-0.05, 0) is 36.8 Å². The molecule has 0 saturated heterocycles. The van der Waals surface area contributed by atoms with Gasteiger partial charge in [0.05, 0.1) is 10.5 Å². The monoisotopic (exact) mass is 289 g/mol. The van der Waals surface area contributed by atoms with E-state index in [4.69, 9.17) is 11.6 Å². The number of aliphatic hydroxyl groups is 1. The van der Waals surface area contributed by atoms with E-state index >= 15 is 0 Å². The summed E-state index contributed by atoms with van der Waals surface area (Å²) in [7, 11) is 0. The third kappa shape index (κ3) is 2.50. The molecule has 2 heterocycles. The minimum atomic E-state index is -0.636. The Bertz CT molecular complexity index is 738. The first-order valence-electron chi connectivity index (χ1n) is 5.93. The molecule has 1 atom stereocenters. The predicted molar refractivity (Wildman–Crippen MR) is 79.9 cm³/mol. The van der Waals surface area contributed by atoms with Gasteiger partial charge in [0.1, 0.15) is 6.10 Å². The second-order valence-corrected chi connectivity index (χ2v) is 5.85. The first-order chi connectivity index (χ1) is 9.13. The summed E-state index contributed by atoms with van der Waals surface area (Å²) in [6, 6.07) is 11.6. The molecule has 96 valence electrons. The van der Waals surface area contributed by atoms with Crippen molar-refractivity contribution in [2.75, 3.05) is 0 Å². The highest BCUT2D eigenvalue weighted by molar-refractivity contribution is 7.10. The molecular weight excluding hydrogens is 278 g/mol. The van der Waals surface area contributed by atoms with E-state index < -0.39 is 6.10 Å². The van der Waals surface area contributed by atoms with Gasteiger partial charge in [0.15, 0.2) is 0 Å². The third-order valence-corrected chi connectivity index (χ3v) is 4.36. The Balaban J connectivity index is 2.03. The van der Waals surface area contributed by atoms with Gasteiger partial charge >= 0.3 is 0 Å². The standard InChI is InChI=1S/C15H12ClNOS/c1-9-2-3-10-6-11(4-5-13(10)17-9)15(18)14-7-12(16)8-19-14/h2-8,15,18H,1H3. The van der Waals surface area contributed by atoms with Crippen molar-refractivity contribution in [3.05, 3.63) is 62.9 Å². The van der Waals surface area contributed by atoms with Crippen LogP contribution in [0.1, 0.15) is 22.2 Å². The van der Waals surface area contributed by atoms with Gasteiger partial charge in [-0.1, -0.05) is 23.7 Å². The van der Waals surface area contributed by atoms with Crippen molar-refractivity contribution in [3.8, 4) is 0 Å². The van der Waals surface area contributed by atoms with Crippen molar-refractivity contribution in [1.29, 1.82) is 0 Å². The highest BCUT2D eigenvalue weighted by Crippen LogP contribution is 2.30. The number of nitrogens with zero attached hydrogens (tertiary/aromatic N) is 1. The lowest BCUT2D eigenvalue weighted by Gasteiger charge is -2.10. The van der Waals surface area contributed by atoms with E-state index in [1.165, 1.54) is 11.3 Å². The molecule has 1 N–H and O–H groups in total.